The molecule has 0 spiro atoms. The van der Waals surface area contributed by atoms with Crippen molar-refractivity contribution in [2.45, 2.75) is 34.9 Å². The third-order valence-corrected chi connectivity index (χ3v) is 5.93. The average molecular weight is 289 g/mol. The average Bonchev–Trinajstić information content (AvgIpc) is 2.35. The molecule has 0 aliphatic carbocycles. The van der Waals surface area contributed by atoms with Gasteiger partial charge < -0.3 is 5.32 Å². The van der Waals surface area contributed by atoms with Gasteiger partial charge in [0.1, 0.15) is 0 Å². The van der Waals surface area contributed by atoms with Crippen molar-refractivity contribution in [1.29, 1.82) is 0 Å². The third kappa shape index (κ3) is 3.63. The van der Waals surface area contributed by atoms with E-state index < -0.39 is 20.6 Å². The largest absolute Gasteiger partial charge is 0.316 e. The molecule has 3 unspecified atom stereocenters. The van der Waals surface area contributed by atoms with Crippen molar-refractivity contribution in [3.05, 3.63) is 24.3 Å². The minimum atomic E-state index is -3.20. The van der Waals surface area contributed by atoms with E-state index >= 15 is 0 Å². The molecule has 18 heavy (non-hydrogen) atoms. The maximum atomic E-state index is 12.2. The Morgan fingerprint density at radius 2 is 1.67 bits per heavy atom. The van der Waals surface area contributed by atoms with Crippen molar-refractivity contribution < 1.29 is 12.6 Å². The molecule has 0 aliphatic heterocycles. The van der Waals surface area contributed by atoms with E-state index in [0.29, 0.717) is 4.90 Å². The van der Waals surface area contributed by atoms with Gasteiger partial charge in [-0.1, -0.05) is 0 Å². The molecule has 0 fully saturated rings. The SMILES string of the molecule is CNC(C)C(C)S(=O)c1ccc(S(C)(=O)=O)cc1. The Bertz CT molecular complexity index is 523. The Morgan fingerprint density at radius 3 is 2.06 bits per heavy atom. The smallest absolute Gasteiger partial charge is 0.175 e. The van der Waals surface area contributed by atoms with Crippen LogP contribution >= 0.6 is 0 Å². The first-order valence-electron chi connectivity index (χ1n) is 5.65. The molecule has 1 aromatic carbocycles. The predicted molar refractivity (Wildman–Crippen MR) is 73.9 cm³/mol. The van der Waals surface area contributed by atoms with Crippen LogP contribution in [0.5, 0.6) is 0 Å². The zero-order valence-corrected chi connectivity index (χ0v) is 12.6. The second-order valence-electron chi connectivity index (χ2n) is 4.32. The van der Waals surface area contributed by atoms with E-state index in [0.717, 1.165) is 6.26 Å². The van der Waals surface area contributed by atoms with Crippen LogP contribution in [-0.2, 0) is 20.6 Å². The van der Waals surface area contributed by atoms with Crippen LogP contribution < -0.4 is 5.32 Å². The van der Waals surface area contributed by atoms with Gasteiger partial charge in [-0.15, -0.1) is 0 Å². The molecule has 0 saturated carbocycles. The molecule has 1 aromatic rings. The molecule has 0 amide bonds. The number of benzene rings is 1. The van der Waals surface area contributed by atoms with E-state index in [-0.39, 0.29) is 16.2 Å². The Morgan fingerprint density at radius 1 is 1.17 bits per heavy atom. The van der Waals surface area contributed by atoms with E-state index in [1.165, 1.54) is 12.1 Å². The Balaban J connectivity index is 2.96. The fourth-order valence-electron chi connectivity index (χ4n) is 1.46. The molecule has 6 heteroatoms. The normalized spacial score (nSPS) is 17.1. The molecule has 0 radical (unpaired) electrons. The van der Waals surface area contributed by atoms with Crippen molar-refractivity contribution in [2.75, 3.05) is 13.3 Å². The number of hydrogen-bond donors (Lipinski definition) is 1. The van der Waals surface area contributed by atoms with E-state index in [2.05, 4.69) is 5.32 Å². The summed E-state index contributed by atoms with van der Waals surface area (Å²) in [5.41, 5.74) is 0. The standard InChI is InChI=1S/C12H19NO3S2/c1-9(13-3)10(2)17(14)11-5-7-12(8-6-11)18(4,15)16/h5-10,13H,1-4H3. The lowest BCUT2D eigenvalue weighted by atomic mass is 10.3. The number of sulfone groups is 1. The van der Waals surface area contributed by atoms with Crippen molar-refractivity contribution in [3.63, 3.8) is 0 Å². The van der Waals surface area contributed by atoms with Crippen LogP contribution in [0.25, 0.3) is 0 Å². The molecule has 3 atom stereocenters. The quantitative estimate of drug-likeness (QED) is 0.884. The highest BCUT2D eigenvalue weighted by molar-refractivity contribution is 7.90. The van der Waals surface area contributed by atoms with Gasteiger partial charge in [-0.25, -0.2) is 8.42 Å². The van der Waals surface area contributed by atoms with Crippen LogP contribution in [0.3, 0.4) is 0 Å². The van der Waals surface area contributed by atoms with Gasteiger partial charge >= 0.3 is 0 Å². The van der Waals surface area contributed by atoms with Crippen molar-refractivity contribution in [3.8, 4) is 0 Å². The van der Waals surface area contributed by atoms with E-state index in [4.69, 9.17) is 0 Å². The van der Waals surface area contributed by atoms with Gasteiger partial charge in [0, 0.05) is 17.2 Å². The molecule has 0 heterocycles. The topological polar surface area (TPSA) is 63.2 Å². The minimum absolute atomic E-state index is 0.0425. The van der Waals surface area contributed by atoms with Gasteiger partial charge in [0.05, 0.1) is 20.9 Å². The van der Waals surface area contributed by atoms with E-state index in [9.17, 15) is 12.6 Å². The monoisotopic (exact) mass is 289 g/mol. The van der Waals surface area contributed by atoms with Gasteiger partial charge in [0.15, 0.2) is 9.84 Å². The first-order chi connectivity index (χ1) is 8.27. The molecule has 0 bridgehead atoms. The molecule has 0 aromatic heterocycles. The number of rotatable bonds is 5. The Hall–Kier alpha value is -0.720. The van der Waals surface area contributed by atoms with Crippen molar-refractivity contribution in [2.24, 2.45) is 0 Å². The Labute approximate surface area is 111 Å². The molecule has 4 nitrogen and oxygen atoms in total. The van der Waals surface area contributed by atoms with E-state index in [1.807, 2.05) is 20.9 Å². The summed E-state index contributed by atoms with van der Waals surface area (Å²) < 4.78 is 34.9. The third-order valence-electron chi connectivity index (χ3n) is 2.98. The molecule has 1 N–H and O–H groups in total. The van der Waals surface area contributed by atoms with Gasteiger partial charge in [-0.2, -0.15) is 0 Å². The Kier molecular flexibility index (Phi) is 5.07. The fraction of sp³-hybridized carbons (Fsp3) is 0.500. The summed E-state index contributed by atoms with van der Waals surface area (Å²) in [5.74, 6) is 0. The van der Waals surface area contributed by atoms with Crippen LogP contribution in [0, 0.1) is 0 Å². The zero-order valence-electron chi connectivity index (χ0n) is 11.0. The highest BCUT2D eigenvalue weighted by atomic mass is 32.2. The lowest BCUT2D eigenvalue weighted by Gasteiger charge is -2.18. The number of hydrogen-bond acceptors (Lipinski definition) is 4. The summed E-state index contributed by atoms with van der Waals surface area (Å²) in [5, 5.41) is 3.02. The molecule has 0 aliphatic rings. The summed E-state index contributed by atoms with van der Waals surface area (Å²) in [7, 11) is -2.52. The van der Waals surface area contributed by atoms with Gasteiger partial charge in [0.25, 0.3) is 0 Å². The fourth-order valence-corrected chi connectivity index (χ4v) is 3.43. The summed E-state index contributed by atoms with van der Waals surface area (Å²) in [6.45, 7) is 3.87. The van der Waals surface area contributed by atoms with Crippen LogP contribution in [0.1, 0.15) is 13.8 Å². The zero-order chi connectivity index (χ0) is 13.9. The van der Waals surface area contributed by atoms with E-state index in [1.54, 1.807) is 12.1 Å². The second kappa shape index (κ2) is 5.95. The second-order valence-corrected chi connectivity index (χ2v) is 8.15. The van der Waals surface area contributed by atoms with Crippen LogP contribution in [-0.4, -0.2) is 37.2 Å². The summed E-state index contributed by atoms with van der Waals surface area (Å²) >= 11 is 0. The first-order valence-corrected chi connectivity index (χ1v) is 8.75. The summed E-state index contributed by atoms with van der Waals surface area (Å²) in [6.07, 6.45) is 1.16. The minimum Gasteiger partial charge on any atom is -0.316 e. The molecular formula is C12H19NO3S2. The summed E-state index contributed by atoms with van der Waals surface area (Å²) in [4.78, 5) is 0.898. The molecule has 0 saturated heterocycles. The maximum absolute atomic E-state index is 12.2. The lowest BCUT2D eigenvalue weighted by Crippen LogP contribution is -2.35. The van der Waals surface area contributed by atoms with Gasteiger partial charge in [0.2, 0.25) is 0 Å². The number of nitrogens with one attached hydrogen (secondary N) is 1. The first kappa shape index (κ1) is 15.3. The molecular weight excluding hydrogens is 270 g/mol. The lowest BCUT2D eigenvalue weighted by molar-refractivity contribution is 0.584. The summed E-state index contributed by atoms with van der Waals surface area (Å²) in [6, 6.07) is 6.36. The predicted octanol–water partition coefficient (Wildman–Crippen LogP) is 1.19. The van der Waals surface area contributed by atoms with Crippen LogP contribution in [0.15, 0.2) is 34.1 Å². The highest BCUT2D eigenvalue weighted by Gasteiger charge is 2.19. The van der Waals surface area contributed by atoms with Crippen LogP contribution in [0.2, 0.25) is 0 Å². The highest BCUT2D eigenvalue weighted by Crippen LogP contribution is 2.17. The maximum Gasteiger partial charge on any atom is 0.175 e. The molecule has 102 valence electrons. The van der Waals surface area contributed by atoms with Gasteiger partial charge in [-0.05, 0) is 45.2 Å². The van der Waals surface area contributed by atoms with Gasteiger partial charge in [-0.3, -0.25) is 4.21 Å². The van der Waals surface area contributed by atoms with Crippen molar-refractivity contribution in [1.82, 2.24) is 5.32 Å². The van der Waals surface area contributed by atoms with Crippen molar-refractivity contribution >= 4 is 20.6 Å². The van der Waals surface area contributed by atoms with Crippen LogP contribution in [0.4, 0.5) is 0 Å². The molecule has 1 rings (SSSR count).